The van der Waals surface area contributed by atoms with Crippen molar-refractivity contribution in [2.75, 3.05) is 0 Å². The van der Waals surface area contributed by atoms with E-state index in [4.69, 9.17) is 0 Å². The van der Waals surface area contributed by atoms with Gasteiger partial charge in [0.25, 0.3) is 0 Å². The average Bonchev–Trinajstić information content (AvgIpc) is 3.22. The van der Waals surface area contributed by atoms with Gasteiger partial charge in [-0.1, -0.05) is 290 Å². The van der Waals surface area contributed by atoms with Gasteiger partial charge in [0.05, 0.1) is 0 Å². The van der Waals surface area contributed by atoms with Crippen molar-refractivity contribution in [3.8, 4) is 0 Å². The van der Waals surface area contributed by atoms with E-state index in [0.29, 0.717) is 0 Å². The molecule has 0 aromatic carbocycles. The van der Waals surface area contributed by atoms with E-state index in [1.54, 1.807) is 0 Å². The van der Waals surface area contributed by atoms with E-state index in [9.17, 15) is 29.7 Å². The molecule has 0 bridgehead atoms. The standard InChI is InChI=1S/3C18H36O2.Y/c3*1-2-3-4-5-6-7-8-9-10-11-12-13-14-15-16-17-18(19)20;/h3*2-17H2,1H3,(H,19,20);/q;;;+3/p-3. The number of hydrogen-bond donors (Lipinski definition) is 0. The first kappa shape index (κ1) is 67.1. The molecule has 0 radical (unpaired) electrons. The van der Waals surface area contributed by atoms with Crippen molar-refractivity contribution in [1.29, 1.82) is 0 Å². The van der Waals surface area contributed by atoms with Crippen LogP contribution in [0.1, 0.15) is 329 Å². The maximum Gasteiger partial charge on any atom is 3.00 e. The van der Waals surface area contributed by atoms with Crippen LogP contribution in [0, 0.1) is 0 Å². The van der Waals surface area contributed by atoms with Gasteiger partial charge in [-0.25, -0.2) is 0 Å². The van der Waals surface area contributed by atoms with Crippen LogP contribution in [0.4, 0.5) is 0 Å². The van der Waals surface area contributed by atoms with Crippen molar-refractivity contribution in [3.63, 3.8) is 0 Å². The minimum absolute atomic E-state index is 0. The Kier molecular flexibility index (Phi) is 70.2. The van der Waals surface area contributed by atoms with E-state index in [1.807, 2.05) is 0 Å². The molecule has 0 aliphatic rings. The van der Waals surface area contributed by atoms with Crippen LogP contribution in [0.2, 0.25) is 0 Å². The Morgan fingerprint density at radius 2 is 0.311 bits per heavy atom. The topological polar surface area (TPSA) is 120 Å². The fourth-order valence-corrected chi connectivity index (χ4v) is 7.92. The molecule has 360 valence electrons. The first-order valence-electron chi connectivity index (χ1n) is 26.9. The fourth-order valence-electron chi connectivity index (χ4n) is 7.92. The smallest absolute Gasteiger partial charge is 0.550 e. The maximum atomic E-state index is 10.2. The van der Waals surface area contributed by atoms with Crippen LogP contribution in [0.15, 0.2) is 0 Å². The predicted octanol–water partition coefficient (Wildman–Crippen LogP) is 15.0. The molecule has 61 heavy (non-hydrogen) atoms. The first-order chi connectivity index (χ1) is 29.3. The molecule has 0 heterocycles. The minimum Gasteiger partial charge on any atom is -0.550 e. The van der Waals surface area contributed by atoms with Crippen molar-refractivity contribution in [2.45, 2.75) is 329 Å². The summed E-state index contributed by atoms with van der Waals surface area (Å²) in [5, 5.41) is 30.7. The third-order valence-corrected chi connectivity index (χ3v) is 12.0. The number of carboxylic acid groups (broad SMARTS) is 3. The molecule has 0 aliphatic carbocycles. The van der Waals surface area contributed by atoms with Gasteiger partial charge in [0.15, 0.2) is 0 Å². The number of rotatable bonds is 48. The summed E-state index contributed by atoms with van der Waals surface area (Å²) < 4.78 is 0. The molecular weight excluding hydrogens is 833 g/mol. The SMILES string of the molecule is CCCCCCCCCCCCCCCCCC(=O)[O-].CCCCCCCCCCCCCCCCCC(=O)[O-].CCCCCCCCCCCCCCCCCC(=O)[O-].[Y+3]. The number of carbonyl (C=O) groups excluding carboxylic acids is 3. The molecule has 0 atom stereocenters. The Hall–Kier alpha value is -0.486. The molecule has 0 unspecified atom stereocenters. The van der Waals surface area contributed by atoms with Crippen molar-refractivity contribution in [1.82, 2.24) is 0 Å². The van der Waals surface area contributed by atoms with Crippen molar-refractivity contribution in [3.05, 3.63) is 0 Å². The molecule has 0 spiro atoms. The van der Waals surface area contributed by atoms with E-state index < -0.39 is 17.9 Å². The Morgan fingerprint density at radius 3 is 0.410 bits per heavy atom. The van der Waals surface area contributed by atoms with E-state index in [-0.39, 0.29) is 52.0 Å². The Labute approximate surface area is 406 Å². The molecule has 0 saturated carbocycles. The zero-order valence-corrected chi connectivity index (χ0v) is 44.3. The Balaban J connectivity index is -0.000000396. The van der Waals surface area contributed by atoms with Crippen LogP contribution >= 0.6 is 0 Å². The second-order valence-electron chi connectivity index (χ2n) is 18.2. The van der Waals surface area contributed by atoms with Crippen LogP contribution in [-0.2, 0) is 47.1 Å². The number of carbonyl (C=O) groups is 3. The molecule has 0 N–H and O–H groups in total. The predicted molar refractivity (Wildman–Crippen MR) is 254 cm³/mol. The van der Waals surface area contributed by atoms with E-state index in [2.05, 4.69) is 20.8 Å². The van der Waals surface area contributed by atoms with Gasteiger partial charge in [-0.2, -0.15) is 0 Å². The van der Waals surface area contributed by atoms with Gasteiger partial charge in [-0.05, 0) is 38.5 Å². The Morgan fingerprint density at radius 1 is 0.213 bits per heavy atom. The van der Waals surface area contributed by atoms with Gasteiger partial charge in [0, 0.05) is 17.9 Å². The molecule has 0 saturated heterocycles. The molecule has 7 heteroatoms. The largest absolute Gasteiger partial charge is 3.00 e. The third kappa shape index (κ3) is 77.2. The second kappa shape index (κ2) is 63.8. The monoisotopic (exact) mass is 939 g/mol. The number of unbranched alkanes of at least 4 members (excludes halogenated alkanes) is 42. The summed E-state index contributed by atoms with van der Waals surface area (Å²) in [4.78, 5) is 30.7. The van der Waals surface area contributed by atoms with E-state index >= 15 is 0 Å². The van der Waals surface area contributed by atoms with E-state index in [1.165, 1.54) is 250 Å². The fraction of sp³-hybridized carbons (Fsp3) is 0.944. The zero-order valence-electron chi connectivity index (χ0n) is 41.5. The Bertz CT molecular complexity index is 717. The molecule has 0 rings (SSSR count). The van der Waals surface area contributed by atoms with Crippen molar-refractivity contribution >= 4 is 17.9 Å². The number of carboxylic acids is 3. The summed E-state index contributed by atoms with van der Waals surface area (Å²) >= 11 is 0. The second-order valence-corrected chi connectivity index (χ2v) is 18.2. The molecule has 0 aromatic rings. The van der Waals surface area contributed by atoms with Crippen molar-refractivity contribution in [2.24, 2.45) is 0 Å². The van der Waals surface area contributed by atoms with Gasteiger partial charge >= 0.3 is 32.7 Å². The normalized spacial score (nSPS) is 10.7. The molecule has 6 nitrogen and oxygen atoms in total. The van der Waals surface area contributed by atoms with Gasteiger partial charge in [-0.15, -0.1) is 0 Å². The third-order valence-electron chi connectivity index (χ3n) is 12.0. The van der Waals surface area contributed by atoms with Crippen LogP contribution in [0.3, 0.4) is 0 Å². The maximum absolute atomic E-state index is 10.2. The summed E-state index contributed by atoms with van der Waals surface area (Å²) in [7, 11) is 0. The van der Waals surface area contributed by atoms with Crippen LogP contribution in [-0.4, -0.2) is 17.9 Å². The molecule has 0 fully saturated rings. The molecule has 0 aromatic heterocycles. The summed E-state index contributed by atoms with van der Waals surface area (Å²) in [6.45, 7) is 6.80. The molecule has 0 aliphatic heterocycles. The average molecular weight is 939 g/mol. The summed E-state index contributed by atoms with van der Waals surface area (Å²) in [5.41, 5.74) is 0. The molecule has 0 amide bonds. The summed E-state index contributed by atoms with van der Waals surface area (Å²) in [6, 6.07) is 0. The van der Waals surface area contributed by atoms with Crippen LogP contribution in [0.25, 0.3) is 0 Å². The van der Waals surface area contributed by atoms with Crippen LogP contribution in [0.5, 0.6) is 0 Å². The quantitative estimate of drug-likeness (QED) is 0.0560. The minimum atomic E-state index is -0.903. The van der Waals surface area contributed by atoms with Gasteiger partial charge < -0.3 is 29.7 Å². The summed E-state index contributed by atoms with van der Waals surface area (Å²) in [6.07, 6.45) is 59.6. The zero-order chi connectivity index (χ0) is 44.7. The van der Waals surface area contributed by atoms with Crippen LogP contribution < -0.4 is 15.3 Å². The van der Waals surface area contributed by atoms with E-state index in [0.717, 1.165) is 38.5 Å². The van der Waals surface area contributed by atoms with Gasteiger partial charge in [-0.3, -0.25) is 0 Å². The van der Waals surface area contributed by atoms with Gasteiger partial charge in [0.1, 0.15) is 0 Å². The van der Waals surface area contributed by atoms with Crippen molar-refractivity contribution < 1.29 is 62.4 Å². The molecular formula is C54H105O6Y. The van der Waals surface area contributed by atoms with Gasteiger partial charge in [0.2, 0.25) is 0 Å². The first-order valence-corrected chi connectivity index (χ1v) is 26.9. The number of hydrogen-bond acceptors (Lipinski definition) is 6. The number of aliphatic carboxylic acids is 3. The summed E-state index contributed by atoms with van der Waals surface area (Å²) in [5.74, 6) is -2.71.